The first kappa shape index (κ1) is 12.2. The third kappa shape index (κ3) is 2.90. The maximum Gasteiger partial charge on any atom is 0.416 e. The second-order valence-electron chi connectivity index (χ2n) is 3.49. The van der Waals surface area contributed by atoms with Crippen LogP contribution in [0.3, 0.4) is 0 Å². The molecular weight excluding hydrogens is 249 g/mol. The molecule has 1 heterocycles. The van der Waals surface area contributed by atoms with Crippen molar-refractivity contribution in [3.63, 3.8) is 0 Å². The van der Waals surface area contributed by atoms with Crippen molar-refractivity contribution >= 4 is 12.0 Å². The first-order chi connectivity index (χ1) is 8.45. The molecule has 0 spiro atoms. The molecule has 0 bridgehead atoms. The number of nitrogen functional groups attached to an aromatic ring is 1. The highest BCUT2D eigenvalue weighted by Gasteiger charge is 2.29. The van der Waals surface area contributed by atoms with E-state index in [0.717, 1.165) is 12.1 Å². The number of nitrogens with two attached hydrogens (primary N) is 1. The number of anilines is 2. The van der Waals surface area contributed by atoms with E-state index >= 15 is 0 Å². The zero-order chi connectivity index (χ0) is 13.2. The van der Waals surface area contributed by atoms with Gasteiger partial charge in [-0.05, 0) is 17.7 Å². The maximum atomic E-state index is 12.3. The average molecular weight is 258 g/mol. The number of alkyl halides is 3. The Hall–Kier alpha value is -2.25. The molecule has 1 aromatic heterocycles. The van der Waals surface area contributed by atoms with Gasteiger partial charge in [-0.3, -0.25) is 0 Å². The van der Waals surface area contributed by atoms with Gasteiger partial charge in [0.15, 0.2) is 0 Å². The SMILES string of the molecule is Nc1nnc(NCc2ccc(C(F)(F)F)cc2)o1. The number of aromatic nitrogens is 2. The lowest BCUT2D eigenvalue weighted by molar-refractivity contribution is -0.137. The summed E-state index contributed by atoms with van der Waals surface area (Å²) in [6.45, 7) is 0.264. The summed E-state index contributed by atoms with van der Waals surface area (Å²) in [5.74, 6) is 0. The Bertz CT molecular complexity index is 521. The summed E-state index contributed by atoms with van der Waals surface area (Å²) in [5, 5.41) is 9.72. The predicted octanol–water partition coefficient (Wildman–Crippen LogP) is 2.28. The lowest BCUT2D eigenvalue weighted by Gasteiger charge is -2.07. The summed E-state index contributed by atoms with van der Waals surface area (Å²) < 4.78 is 41.8. The van der Waals surface area contributed by atoms with Crippen LogP contribution in [0.1, 0.15) is 11.1 Å². The van der Waals surface area contributed by atoms with Crippen LogP contribution >= 0.6 is 0 Å². The molecule has 18 heavy (non-hydrogen) atoms. The lowest BCUT2D eigenvalue weighted by atomic mass is 10.1. The summed E-state index contributed by atoms with van der Waals surface area (Å²) >= 11 is 0. The number of halogens is 3. The monoisotopic (exact) mass is 258 g/mol. The van der Waals surface area contributed by atoms with E-state index in [1.54, 1.807) is 0 Å². The fourth-order valence-corrected chi connectivity index (χ4v) is 1.30. The van der Waals surface area contributed by atoms with Crippen molar-refractivity contribution < 1.29 is 17.6 Å². The minimum absolute atomic E-state index is 0.0788. The Morgan fingerprint density at radius 1 is 1.17 bits per heavy atom. The van der Waals surface area contributed by atoms with Crippen molar-refractivity contribution in [2.24, 2.45) is 0 Å². The van der Waals surface area contributed by atoms with Crippen LogP contribution in [-0.4, -0.2) is 10.2 Å². The topological polar surface area (TPSA) is 77.0 Å². The smallest absolute Gasteiger partial charge is 0.390 e. The zero-order valence-corrected chi connectivity index (χ0v) is 9.03. The zero-order valence-electron chi connectivity index (χ0n) is 9.03. The fourth-order valence-electron chi connectivity index (χ4n) is 1.30. The van der Waals surface area contributed by atoms with Gasteiger partial charge >= 0.3 is 18.2 Å². The maximum absolute atomic E-state index is 12.3. The van der Waals surface area contributed by atoms with Crippen molar-refractivity contribution in [1.82, 2.24) is 10.2 Å². The minimum Gasteiger partial charge on any atom is -0.390 e. The summed E-state index contributed by atoms with van der Waals surface area (Å²) in [7, 11) is 0. The molecule has 0 atom stereocenters. The van der Waals surface area contributed by atoms with Crippen molar-refractivity contribution in [3.8, 4) is 0 Å². The van der Waals surface area contributed by atoms with E-state index in [2.05, 4.69) is 15.5 Å². The highest BCUT2D eigenvalue weighted by Crippen LogP contribution is 2.29. The Morgan fingerprint density at radius 3 is 2.33 bits per heavy atom. The van der Waals surface area contributed by atoms with Crippen LogP contribution in [0.2, 0.25) is 0 Å². The van der Waals surface area contributed by atoms with E-state index < -0.39 is 11.7 Å². The van der Waals surface area contributed by atoms with Gasteiger partial charge in [-0.15, -0.1) is 0 Å². The van der Waals surface area contributed by atoms with Gasteiger partial charge in [0.1, 0.15) is 0 Å². The minimum atomic E-state index is -4.33. The van der Waals surface area contributed by atoms with E-state index in [-0.39, 0.29) is 18.6 Å². The van der Waals surface area contributed by atoms with E-state index in [1.807, 2.05) is 0 Å². The highest BCUT2D eigenvalue weighted by molar-refractivity contribution is 5.29. The molecule has 2 rings (SSSR count). The molecule has 0 unspecified atom stereocenters. The summed E-state index contributed by atoms with van der Waals surface area (Å²) in [6.07, 6.45) is -4.33. The molecule has 0 amide bonds. The molecule has 0 fully saturated rings. The van der Waals surface area contributed by atoms with Crippen molar-refractivity contribution in [3.05, 3.63) is 35.4 Å². The van der Waals surface area contributed by atoms with Crippen LogP contribution in [0.15, 0.2) is 28.7 Å². The Balaban J connectivity index is 1.98. The summed E-state index contributed by atoms with van der Waals surface area (Å²) in [5.41, 5.74) is 5.18. The van der Waals surface area contributed by atoms with Gasteiger partial charge in [-0.1, -0.05) is 22.3 Å². The van der Waals surface area contributed by atoms with Crippen molar-refractivity contribution in [1.29, 1.82) is 0 Å². The molecule has 0 radical (unpaired) electrons. The van der Waals surface area contributed by atoms with Crippen LogP contribution in [0.4, 0.5) is 25.2 Å². The second-order valence-corrected chi connectivity index (χ2v) is 3.49. The molecule has 0 aliphatic heterocycles. The normalized spacial score (nSPS) is 11.5. The summed E-state index contributed by atoms with van der Waals surface area (Å²) in [6, 6.07) is 4.81. The quantitative estimate of drug-likeness (QED) is 0.883. The number of hydrogen-bond donors (Lipinski definition) is 2. The van der Waals surface area contributed by atoms with E-state index in [0.29, 0.717) is 5.56 Å². The average Bonchev–Trinajstić information content (AvgIpc) is 2.72. The first-order valence-corrected chi connectivity index (χ1v) is 4.94. The van der Waals surface area contributed by atoms with E-state index in [4.69, 9.17) is 10.2 Å². The van der Waals surface area contributed by atoms with Crippen LogP contribution in [0.25, 0.3) is 0 Å². The van der Waals surface area contributed by atoms with E-state index in [1.165, 1.54) is 12.1 Å². The third-order valence-electron chi connectivity index (χ3n) is 2.17. The molecule has 5 nitrogen and oxygen atoms in total. The summed E-state index contributed by atoms with van der Waals surface area (Å²) in [4.78, 5) is 0. The predicted molar refractivity (Wildman–Crippen MR) is 57.5 cm³/mol. The Morgan fingerprint density at radius 2 is 1.83 bits per heavy atom. The number of hydrogen-bond acceptors (Lipinski definition) is 5. The van der Waals surface area contributed by atoms with Gasteiger partial charge in [0.25, 0.3) is 0 Å². The molecule has 0 aliphatic rings. The second kappa shape index (κ2) is 4.55. The van der Waals surface area contributed by atoms with Crippen LogP contribution < -0.4 is 11.1 Å². The van der Waals surface area contributed by atoms with Gasteiger partial charge in [-0.2, -0.15) is 13.2 Å². The molecule has 0 aliphatic carbocycles. The largest absolute Gasteiger partial charge is 0.416 e. The number of nitrogens with one attached hydrogen (secondary N) is 1. The fraction of sp³-hybridized carbons (Fsp3) is 0.200. The molecule has 3 N–H and O–H groups in total. The molecular formula is C10H9F3N4O. The van der Waals surface area contributed by atoms with E-state index in [9.17, 15) is 13.2 Å². The number of benzene rings is 1. The molecule has 0 saturated carbocycles. The third-order valence-corrected chi connectivity index (χ3v) is 2.17. The Labute approximate surface area is 99.8 Å². The first-order valence-electron chi connectivity index (χ1n) is 4.94. The van der Waals surface area contributed by atoms with Crippen LogP contribution in [-0.2, 0) is 12.7 Å². The van der Waals surface area contributed by atoms with Gasteiger partial charge in [0.05, 0.1) is 5.56 Å². The van der Waals surface area contributed by atoms with Crippen molar-refractivity contribution in [2.45, 2.75) is 12.7 Å². The van der Waals surface area contributed by atoms with Gasteiger partial charge < -0.3 is 15.5 Å². The van der Waals surface area contributed by atoms with Gasteiger partial charge in [0, 0.05) is 6.54 Å². The lowest BCUT2D eigenvalue weighted by Crippen LogP contribution is -2.05. The van der Waals surface area contributed by atoms with Crippen LogP contribution in [0.5, 0.6) is 0 Å². The van der Waals surface area contributed by atoms with Gasteiger partial charge in [0.2, 0.25) is 0 Å². The number of rotatable bonds is 3. The molecule has 2 aromatic rings. The van der Waals surface area contributed by atoms with Crippen molar-refractivity contribution in [2.75, 3.05) is 11.1 Å². The highest BCUT2D eigenvalue weighted by atomic mass is 19.4. The molecule has 1 aromatic carbocycles. The molecule has 96 valence electrons. The van der Waals surface area contributed by atoms with Gasteiger partial charge in [-0.25, -0.2) is 0 Å². The number of nitrogens with zero attached hydrogens (tertiary/aromatic N) is 2. The Kier molecular flexibility index (Phi) is 3.09. The molecule has 0 saturated heterocycles. The van der Waals surface area contributed by atoms with Crippen LogP contribution in [0, 0.1) is 0 Å². The molecule has 8 heteroatoms. The standard InChI is InChI=1S/C10H9F3N4O/c11-10(12,13)7-3-1-6(2-4-7)5-15-9-17-16-8(14)18-9/h1-4H,5H2,(H2,14,16)(H,15,17).